The molecule has 2 aromatic carbocycles. The molecule has 0 atom stereocenters. The van der Waals surface area contributed by atoms with Gasteiger partial charge in [0.05, 0.1) is 26.4 Å². The van der Waals surface area contributed by atoms with E-state index in [1.165, 1.54) is 0 Å². The molecule has 0 aliphatic heterocycles. The van der Waals surface area contributed by atoms with Crippen LogP contribution < -0.4 is 0 Å². The van der Waals surface area contributed by atoms with Crippen LogP contribution in [-0.4, -0.2) is 61.8 Å². The molecule has 2 rings (SSSR count). The van der Waals surface area contributed by atoms with Gasteiger partial charge in [0.25, 0.3) is 0 Å². The topological polar surface area (TPSA) is 112 Å². The number of hydrogen-bond donors (Lipinski definition) is 2. The Balaban J connectivity index is 1.65. The molecule has 2 aromatic rings. The van der Waals surface area contributed by atoms with Gasteiger partial charge in [0.2, 0.25) is 0 Å². The van der Waals surface area contributed by atoms with Crippen molar-refractivity contribution in [2.45, 2.75) is 130 Å². The molecule has 0 fully saturated rings. The standard InChI is InChI=1S/C40H62O8/c1-37(2,3)29-23-27(35(43)31(25-29)39(7,8)9)13-15-33(41)47-21-19-45-17-18-46-20-22-48-34(42)16-14-28-24-30(38(4,5)6)26-32(36(28)44)40(10,11)12/h23-26,43-44H,13-22H2,1-12H3. The molecule has 0 saturated carbocycles. The first kappa shape index (κ1) is 41.1. The van der Waals surface area contributed by atoms with Crippen molar-refractivity contribution >= 4 is 11.9 Å². The minimum Gasteiger partial charge on any atom is -0.507 e. The van der Waals surface area contributed by atoms with Crippen LogP contribution in [0.2, 0.25) is 0 Å². The Bertz CT molecular complexity index is 1260. The van der Waals surface area contributed by atoms with Gasteiger partial charge in [0.15, 0.2) is 0 Å². The molecule has 0 unspecified atom stereocenters. The van der Waals surface area contributed by atoms with E-state index < -0.39 is 0 Å². The van der Waals surface area contributed by atoms with Crippen molar-refractivity contribution in [2.75, 3.05) is 39.6 Å². The monoisotopic (exact) mass is 670 g/mol. The van der Waals surface area contributed by atoms with Crippen molar-refractivity contribution in [3.63, 3.8) is 0 Å². The summed E-state index contributed by atoms with van der Waals surface area (Å²) in [6, 6.07) is 8.11. The molecular formula is C40H62O8. The molecule has 0 amide bonds. The second-order valence-electron chi connectivity index (χ2n) is 16.7. The van der Waals surface area contributed by atoms with Crippen molar-refractivity contribution in [2.24, 2.45) is 0 Å². The van der Waals surface area contributed by atoms with E-state index in [2.05, 4.69) is 95.2 Å². The maximum Gasteiger partial charge on any atom is 0.306 e. The van der Waals surface area contributed by atoms with E-state index in [4.69, 9.17) is 18.9 Å². The highest BCUT2D eigenvalue weighted by atomic mass is 16.6. The number of benzene rings is 2. The molecule has 270 valence electrons. The van der Waals surface area contributed by atoms with Crippen molar-refractivity contribution in [3.05, 3.63) is 57.6 Å². The fourth-order valence-electron chi connectivity index (χ4n) is 5.15. The Morgan fingerprint density at radius 3 is 1.10 bits per heavy atom. The molecular weight excluding hydrogens is 608 g/mol. The second kappa shape index (κ2) is 17.0. The molecule has 0 spiro atoms. The van der Waals surface area contributed by atoms with E-state index in [-0.39, 0.29) is 84.4 Å². The van der Waals surface area contributed by atoms with Gasteiger partial charge in [0.1, 0.15) is 24.7 Å². The predicted molar refractivity (Wildman–Crippen MR) is 191 cm³/mol. The normalized spacial score (nSPS) is 12.7. The smallest absolute Gasteiger partial charge is 0.306 e. The molecule has 0 aliphatic carbocycles. The molecule has 0 radical (unpaired) electrons. The molecule has 0 aliphatic rings. The minimum atomic E-state index is -0.346. The van der Waals surface area contributed by atoms with Gasteiger partial charge in [-0.05, 0) is 67.9 Å². The largest absolute Gasteiger partial charge is 0.507 e. The number of aryl methyl sites for hydroxylation is 2. The summed E-state index contributed by atoms with van der Waals surface area (Å²) in [5, 5.41) is 21.9. The van der Waals surface area contributed by atoms with Crippen LogP contribution in [0.25, 0.3) is 0 Å². The lowest BCUT2D eigenvalue weighted by atomic mass is 9.78. The Morgan fingerprint density at radius 1 is 0.500 bits per heavy atom. The summed E-state index contributed by atoms with van der Waals surface area (Å²) < 4.78 is 21.6. The zero-order chi connectivity index (χ0) is 36.5. The van der Waals surface area contributed by atoms with Crippen LogP contribution in [0.1, 0.15) is 129 Å². The number of carbonyl (C=O) groups is 2. The number of phenols is 2. The summed E-state index contributed by atoms with van der Waals surface area (Å²) in [5.74, 6) is -0.195. The Morgan fingerprint density at radius 2 is 0.812 bits per heavy atom. The Labute approximate surface area is 289 Å². The van der Waals surface area contributed by atoms with Crippen molar-refractivity contribution < 1.29 is 38.7 Å². The molecule has 8 nitrogen and oxygen atoms in total. The van der Waals surface area contributed by atoms with Gasteiger partial charge in [-0.2, -0.15) is 0 Å². The van der Waals surface area contributed by atoms with Gasteiger partial charge >= 0.3 is 11.9 Å². The summed E-state index contributed by atoms with van der Waals surface area (Å²) in [6.45, 7) is 26.6. The van der Waals surface area contributed by atoms with Crippen LogP contribution in [0.3, 0.4) is 0 Å². The number of phenolic OH excluding ortho intramolecular Hbond substituents is 2. The van der Waals surface area contributed by atoms with Gasteiger partial charge < -0.3 is 29.2 Å². The number of esters is 2. The van der Waals surface area contributed by atoms with E-state index in [0.717, 1.165) is 33.4 Å². The van der Waals surface area contributed by atoms with Crippen molar-refractivity contribution in [1.82, 2.24) is 0 Å². The summed E-state index contributed by atoms with van der Waals surface area (Å²) in [7, 11) is 0. The summed E-state index contributed by atoms with van der Waals surface area (Å²) in [5.41, 5.74) is 4.87. The lowest BCUT2D eigenvalue weighted by Gasteiger charge is -2.27. The maximum atomic E-state index is 12.4. The Kier molecular flexibility index (Phi) is 14.6. The molecule has 0 bridgehead atoms. The van der Waals surface area contributed by atoms with Crippen LogP contribution >= 0.6 is 0 Å². The zero-order valence-corrected chi connectivity index (χ0v) is 31.7. The van der Waals surface area contributed by atoms with Crippen LogP contribution in [0, 0.1) is 0 Å². The SMILES string of the molecule is CC(C)(C)c1cc(CCC(=O)OCCOCCOCCOC(=O)CCc2cc(C(C)(C)C)cc(C(C)(C)C)c2O)c(O)c(C(C)(C)C)c1. The third-order valence-corrected chi connectivity index (χ3v) is 8.28. The lowest BCUT2D eigenvalue weighted by Crippen LogP contribution is -2.18. The first-order valence-electron chi connectivity index (χ1n) is 17.2. The molecule has 48 heavy (non-hydrogen) atoms. The Hall–Kier alpha value is -3.10. The van der Waals surface area contributed by atoms with Gasteiger partial charge in [-0.25, -0.2) is 0 Å². The molecule has 0 heterocycles. The summed E-state index contributed by atoms with van der Waals surface area (Å²) in [4.78, 5) is 24.7. The summed E-state index contributed by atoms with van der Waals surface area (Å²) in [6.07, 6.45) is 1.11. The highest BCUT2D eigenvalue weighted by molar-refractivity contribution is 5.70. The van der Waals surface area contributed by atoms with Crippen LogP contribution in [-0.2, 0) is 63.0 Å². The van der Waals surface area contributed by atoms with E-state index in [9.17, 15) is 19.8 Å². The number of aromatic hydroxyl groups is 2. The van der Waals surface area contributed by atoms with E-state index in [1.54, 1.807) is 0 Å². The molecule has 0 saturated heterocycles. The first-order valence-corrected chi connectivity index (χ1v) is 17.2. The van der Waals surface area contributed by atoms with E-state index in [1.807, 2.05) is 12.1 Å². The van der Waals surface area contributed by atoms with Gasteiger partial charge in [-0.3, -0.25) is 9.59 Å². The van der Waals surface area contributed by atoms with Crippen LogP contribution in [0.15, 0.2) is 24.3 Å². The van der Waals surface area contributed by atoms with Crippen LogP contribution in [0.4, 0.5) is 0 Å². The van der Waals surface area contributed by atoms with Gasteiger partial charge in [0, 0.05) is 12.8 Å². The summed E-state index contributed by atoms with van der Waals surface area (Å²) >= 11 is 0. The second-order valence-corrected chi connectivity index (χ2v) is 16.7. The van der Waals surface area contributed by atoms with Gasteiger partial charge in [-0.15, -0.1) is 0 Å². The quantitative estimate of drug-likeness (QED) is 0.145. The number of rotatable bonds is 15. The highest BCUT2D eigenvalue weighted by Crippen LogP contribution is 2.39. The third-order valence-electron chi connectivity index (χ3n) is 8.28. The molecule has 2 N–H and O–H groups in total. The van der Waals surface area contributed by atoms with Gasteiger partial charge in [-0.1, -0.05) is 107 Å². The number of carbonyl (C=O) groups excluding carboxylic acids is 2. The fourth-order valence-corrected chi connectivity index (χ4v) is 5.15. The van der Waals surface area contributed by atoms with E-state index in [0.29, 0.717) is 26.1 Å². The first-order chi connectivity index (χ1) is 22.0. The van der Waals surface area contributed by atoms with Crippen molar-refractivity contribution in [1.29, 1.82) is 0 Å². The number of ether oxygens (including phenoxy) is 4. The fraction of sp³-hybridized carbons (Fsp3) is 0.650. The minimum absolute atomic E-state index is 0.0867. The predicted octanol–water partition coefficient (Wildman–Crippen LogP) is 7.97. The van der Waals surface area contributed by atoms with E-state index >= 15 is 0 Å². The molecule has 0 aromatic heterocycles. The highest BCUT2D eigenvalue weighted by Gasteiger charge is 2.26. The maximum absolute atomic E-state index is 12.4. The average molecular weight is 671 g/mol. The third kappa shape index (κ3) is 13.1. The van der Waals surface area contributed by atoms with Crippen molar-refractivity contribution in [3.8, 4) is 11.5 Å². The molecule has 8 heteroatoms. The zero-order valence-electron chi connectivity index (χ0n) is 31.7. The lowest BCUT2D eigenvalue weighted by molar-refractivity contribution is -0.147. The number of hydrogen-bond acceptors (Lipinski definition) is 8. The van der Waals surface area contributed by atoms with Crippen LogP contribution in [0.5, 0.6) is 11.5 Å². The average Bonchev–Trinajstić information content (AvgIpc) is 2.94.